The number of fused-ring (bicyclic) bond motifs is 5. The highest BCUT2D eigenvalue weighted by molar-refractivity contribution is 6.22. The van der Waals surface area contributed by atoms with Gasteiger partial charge in [0.05, 0.1) is 6.10 Å². The van der Waals surface area contributed by atoms with Crippen molar-refractivity contribution in [2.75, 3.05) is 6.61 Å². The second-order valence-electron chi connectivity index (χ2n) is 15.2. The number of alkyl halides is 2. The number of aliphatic hydroxyl groups excluding tert-OH is 1. The van der Waals surface area contributed by atoms with E-state index in [2.05, 4.69) is 10.6 Å². The minimum absolute atomic E-state index is 0.0524. The second-order valence-corrected chi connectivity index (χ2v) is 15.2. The molecule has 0 aromatic heterocycles. The van der Waals surface area contributed by atoms with Gasteiger partial charge in [0.25, 0.3) is 0 Å². The molecule has 1 heterocycles. The van der Waals surface area contributed by atoms with Gasteiger partial charge in [-0.25, -0.2) is 13.6 Å². The van der Waals surface area contributed by atoms with Crippen LogP contribution in [0.3, 0.4) is 0 Å². The molecule has 12 heteroatoms. The number of imide groups is 2. The number of hydrogen-bond donors (Lipinski definition) is 3. The van der Waals surface area contributed by atoms with Crippen molar-refractivity contribution in [3.63, 3.8) is 0 Å². The van der Waals surface area contributed by atoms with E-state index in [1.165, 1.54) is 18.2 Å². The van der Waals surface area contributed by atoms with Crippen LogP contribution in [0.5, 0.6) is 0 Å². The van der Waals surface area contributed by atoms with Gasteiger partial charge in [0.15, 0.2) is 22.7 Å². The lowest BCUT2D eigenvalue weighted by Crippen LogP contribution is -2.68. The van der Waals surface area contributed by atoms with Crippen LogP contribution in [0, 0.1) is 34.5 Å². The average Bonchev–Trinajstić information content (AvgIpc) is 3.35. The zero-order chi connectivity index (χ0) is 37.5. The molecule has 9 atom stereocenters. The van der Waals surface area contributed by atoms with Crippen molar-refractivity contribution < 1.29 is 47.4 Å². The molecule has 1 saturated heterocycles. The van der Waals surface area contributed by atoms with Gasteiger partial charge in [0.2, 0.25) is 11.8 Å². The predicted molar refractivity (Wildman–Crippen MR) is 182 cm³/mol. The van der Waals surface area contributed by atoms with Gasteiger partial charge in [0, 0.05) is 23.7 Å². The number of unbranched alkanes of at least 4 members (excludes halogenated alkanes) is 1. The van der Waals surface area contributed by atoms with E-state index in [0.717, 1.165) is 6.42 Å². The van der Waals surface area contributed by atoms with E-state index in [1.807, 2.05) is 20.8 Å². The number of barbiturate groups is 1. The molecule has 6 rings (SSSR count). The van der Waals surface area contributed by atoms with E-state index >= 15 is 8.78 Å². The highest BCUT2D eigenvalue weighted by Crippen LogP contribution is 2.70. The number of ketones is 2. The first-order valence-electron chi connectivity index (χ1n) is 17.9. The van der Waals surface area contributed by atoms with E-state index in [4.69, 9.17) is 4.74 Å². The number of carbonyl (C=O) groups is 6. The summed E-state index contributed by atoms with van der Waals surface area (Å²) in [5.74, 6) is -3.89. The molecular weight excluding hydrogens is 662 g/mol. The molecule has 5 aliphatic rings. The van der Waals surface area contributed by atoms with Gasteiger partial charge < -0.3 is 9.84 Å². The Morgan fingerprint density at radius 2 is 1.65 bits per heavy atom. The molecule has 4 fully saturated rings. The zero-order valence-electron chi connectivity index (χ0n) is 29.8. The lowest BCUT2D eigenvalue weighted by molar-refractivity contribution is -0.202. The molecule has 3 saturated carbocycles. The van der Waals surface area contributed by atoms with Crippen LogP contribution < -0.4 is 10.6 Å². The number of aliphatic hydroxyl groups is 1. The molecule has 0 radical (unpaired) electrons. The topological polar surface area (TPSA) is 156 Å². The molecule has 1 aromatic rings. The number of rotatable bonds is 8. The van der Waals surface area contributed by atoms with Crippen LogP contribution >= 0.6 is 0 Å². The van der Waals surface area contributed by atoms with Crippen LogP contribution in [-0.2, 0) is 34.1 Å². The van der Waals surface area contributed by atoms with Crippen molar-refractivity contribution in [1.82, 2.24) is 10.6 Å². The number of allylic oxidation sites excluding steroid dienone is 4. The van der Waals surface area contributed by atoms with Crippen molar-refractivity contribution in [3.8, 4) is 0 Å². The van der Waals surface area contributed by atoms with Gasteiger partial charge in [-0.05, 0) is 79.6 Å². The second kappa shape index (κ2) is 14.2. The highest BCUT2D eigenvalue weighted by atomic mass is 19.1. The molecular formula is C39H48F2N2O8. The van der Waals surface area contributed by atoms with E-state index in [9.17, 15) is 33.9 Å². The molecule has 51 heavy (non-hydrogen) atoms. The van der Waals surface area contributed by atoms with Crippen molar-refractivity contribution in [2.24, 2.45) is 34.5 Å². The monoisotopic (exact) mass is 710 g/mol. The Morgan fingerprint density at radius 3 is 2.25 bits per heavy atom. The third kappa shape index (κ3) is 6.17. The predicted octanol–water partition coefficient (Wildman–Crippen LogP) is 5.17. The minimum atomic E-state index is -2.15. The van der Waals surface area contributed by atoms with Crippen LogP contribution in [0.25, 0.3) is 0 Å². The first kappa shape index (κ1) is 38.2. The van der Waals surface area contributed by atoms with Crippen LogP contribution in [0.2, 0.25) is 0 Å². The van der Waals surface area contributed by atoms with E-state index < -0.39 is 69.8 Å². The van der Waals surface area contributed by atoms with Crippen LogP contribution in [0.4, 0.5) is 13.6 Å². The summed E-state index contributed by atoms with van der Waals surface area (Å²) >= 11 is 0. The Morgan fingerprint density at radius 1 is 1.00 bits per heavy atom. The number of ether oxygens (including phenoxy) is 1. The number of benzene rings is 1. The van der Waals surface area contributed by atoms with Gasteiger partial charge in [-0.3, -0.25) is 34.6 Å². The van der Waals surface area contributed by atoms with E-state index in [-0.39, 0.29) is 54.8 Å². The molecule has 1 aromatic carbocycles. The molecule has 276 valence electrons. The number of halogens is 2. The summed E-state index contributed by atoms with van der Waals surface area (Å²) in [5, 5.41) is 15.6. The molecule has 1 aliphatic heterocycles. The summed E-state index contributed by atoms with van der Waals surface area (Å²) in [6.45, 7) is 8.77. The fourth-order valence-electron chi connectivity index (χ4n) is 9.96. The lowest BCUT2D eigenvalue weighted by atomic mass is 9.45. The Kier molecular flexibility index (Phi) is 10.6. The molecule has 0 spiro atoms. The Labute approximate surface area is 296 Å². The van der Waals surface area contributed by atoms with Gasteiger partial charge >= 0.3 is 12.0 Å². The van der Waals surface area contributed by atoms with Crippen molar-refractivity contribution in [1.29, 1.82) is 0 Å². The van der Waals surface area contributed by atoms with Crippen molar-refractivity contribution >= 4 is 35.4 Å². The summed E-state index contributed by atoms with van der Waals surface area (Å²) in [6, 6.07) is 7.96. The first-order valence-corrected chi connectivity index (χ1v) is 17.9. The summed E-state index contributed by atoms with van der Waals surface area (Å²) in [7, 11) is 0. The summed E-state index contributed by atoms with van der Waals surface area (Å²) in [6.07, 6.45) is 3.50. The maximum Gasteiger partial charge on any atom is 0.328 e. The molecule has 3 N–H and O–H groups in total. The summed E-state index contributed by atoms with van der Waals surface area (Å²) < 4.78 is 37.7. The van der Waals surface area contributed by atoms with Crippen LogP contribution in [0.1, 0.15) is 85.1 Å². The third-order valence-electron chi connectivity index (χ3n) is 12.5. The largest absolute Gasteiger partial charge is 0.458 e. The van der Waals surface area contributed by atoms with Crippen molar-refractivity contribution in [3.05, 3.63) is 59.7 Å². The summed E-state index contributed by atoms with van der Waals surface area (Å²) in [5.41, 5.74) is -4.94. The Bertz CT molecular complexity index is 1640. The molecule has 0 bridgehead atoms. The van der Waals surface area contributed by atoms with E-state index in [1.54, 1.807) is 44.2 Å². The van der Waals surface area contributed by atoms with Gasteiger partial charge in [-0.1, -0.05) is 70.5 Å². The van der Waals surface area contributed by atoms with Gasteiger partial charge in [0.1, 0.15) is 12.8 Å². The number of hydrogen-bond acceptors (Lipinski definition) is 8. The van der Waals surface area contributed by atoms with E-state index in [0.29, 0.717) is 24.8 Å². The fraction of sp³-hybridized carbons (Fsp3) is 0.590. The van der Waals surface area contributed by atoms with Crippen molar-refractivity contribution in [2.45, 2.75) is 103 Å². The summed E-state index contributed by atoms with van der Waals surface area (Å²) in [4.78, 5) is 72.1. The van der Waals surface area contributed by atoms with Gasteiger partial charge in [-0.15, -0.1) is 0 Å². The number of urea groups is 1. The molecule has 0 unspecified atom stereocenters. The smallest absolute Gasteiger partial charge is 0.328 e. The maximum atomic E-state index is 17.1. The zero-order valence-corrected chi connectivity index (χ0v) is 29.8. The molecule has 4 amide bonds. The lowest BCUT2D eigenvalue weighted by Gasteiger charge is -2.62. The maximum absolute atomic E-state index is 17.1. The minimum Gasteiger partial charge on any atom is -0.458 e. The number of amides is 4. The Hall–Kier alpha value is -4.06. The average molecular weight is 711 g/mol. The fourth-order valence-corrected chi connectivity index (χ4v) is 9.96. The SMILES string of the molecule is CCC1(c2ccccc2)C(=O)NC(=O)NC1=O.CCCCC(=O)OCC(=O)[C@H]1[C@H](C)C[C@H]2[C@@H]3C[C@H](F)C4=CC(=O)C=C[C@]4(C)[C@@]3(F)[C@@H](O)C[C@@]21C. The molecule has 10 nitrogen and oxygen atoms in total. The highest BCUT2D eigenvalue weighted by Gasteiger charge is 2.73. The normalized spacial score (nSPS) is 36.3. The first-order chi connectivity index (χ1) is 24.0. The quantitative estimate of drug-likeness (QED) is 0.247. The van der Waals surface area contributed by atoms with Crippen LogP contribution in [-0.4, -0.2) is 65.0 Å². The number of esters is 1. The van der Waals surface area contributed by atoms with Crippen LogP contribution in [0.15, 0.2) is 54.1 Å². The molecule has 4 aliphatic carbocycles. The number of carbonyl (C=O) groups excluding carboxylic acids is 6. The standard InChI is InChI=1S/C27H36F2O5.C12H12N2O3/c1-5-6-7-23(33)34-14-21(31)24-15(2)10-17-18-12-20(28)19-11-16(30)8-9-26(19,4)27(18,29)22(32)13-25(17,24)3;1-2-12(8-6-4-3-5-7-8)9(15)13-11(17)14-10(12)16/h8-9,11,15,17-18,20,22,24,32H,5-7,10,12-14H2,1-4H3;3-7H,2H2,1H3,(H2,13,14,15,16,17)/t15-,17+,18+,20+,22+,24-,25+,26+,27+;/m1./s1. The number of nitrogens with one attached hydrogen (secondary N) is 2. The van der Waals surface area contributed by atoms with Gasteiger partial charge in [-0.2, -0.15) is 0 Å². The Balaban J connectivity index is 0.000000248. The number of Topliss-reactive ketones (excluding diaryl/α,β-unsaturated/α-hetero) is 1. The third-order valence-corrected chi connectivity index (χ3v) is 12.5.